The van der Waals surface area contributed by atoms with Gasteiger partial charge in [0.25, 0.3) is 11.8 Å². The molecule has 0 radical (unpaired) electrons. The minimum absolute atomic E-state index is 0.214. The highest BCUT2D eigenvalue weighted by molar-refractivity contribution is 6.05. The second kappa shape index (κ2) is 9.15. The lowest BCUT2D eigenvalue weighted by Gasteiger charge is -2.12. The summed E-state index contributed by atoms with van der Waals surface area (Å²) < 4.78 is 12.9. The molecular weight excluding hydrogens is 367 g/mol. The third kappa shape index (κ3) is 5.29. The number of carbonyl (C=O) groups is 2. The Kier molecular flexibility index (Phi) is 6.39. The van der Waals surface area contributed by atoms with Gasteiger partial charge >= 0.3 is 0 Å². The van der Waals surface area contributed by atoms with E-state index in [4.69, 9.17) is 0 Å². The van der Waals surface area contributed by atoms with Crippen LogP contribution < -0.4 is 10.6 Å². The lowest BCUT2D eigenvalue weighted by molar-refractivity contribution is 0.0952. The van der Waals surface area contributed by atoms with Gasteiger partial charge in [0.15, 0.2) is 0 Å². The standard InChI is InChI=1S/C24H23FN2O2/c1-16-4-3-5-17(2)22(16)27-24(29)20-10-8-19(9-11-20)23(28)26-15-14-18-6-12-21(25)13-7-18/h3-13H,14-15H2,1-2H3,(H,26,28)(H,27,29). The number of hydrogen-bond acceptors (Lipinski definition) is 2. The fourth-order valence-corrected chi connectivity index (χ4v) is 3.04. The molecule has 0 bridgehead atoms. The molecule has 0 unspecified atom stereocenters. The zero-order chi connectivity index (χ0) is 20.8. The first kappa shape index (κ1) is 20.3. The summed E-state index contributed by atoms with van der Waals surface area (Å²) in [5.41, 5.74) is 4.71. The number of aryl methyl sites for hydroxylation is 2. The molecule has 0 aliphatic heterocycles. The Bertz CT molecular complexity index is 992. The van der Waals surface area contributed by atoms with Crippen LogP contribution in [0.1, 0.15) is 37.4 Å². The molecule has 29 heavy (non-hydrogen) atoms. The molecule has 3 aromatic rings. The molecular formula is C24H23FN2O2. The van der Waals surface area contributed by atoms with Crippen molar-refractivity contribution >= 4 is 17.5 Å². The summed E-state index contributed by atoms with van der Waals surface area (Å²) in [4.78, 5) is 24.8. The van der Waals surface area contributed by atoms with Crippen LogP contribution >= 0.6 is 0 Å². The number of hydrogen-bond donors (Lipinski definition) is 2. The quantitative estimate of drug-likeness (QED) is 0.643. The van der Waals surface area contributed by atoms with Crippen molar-refractivity contribution in [3.05, 3.63) is 100 Å². The Hall–Kier alpha value is -3.47. The van der Waals surface area contributed by atoms with Crippen LogP contribution in [-0.2, 0) is 6.42 Å². The lowest BCUT2D eigenvalue weighted by atomic mass is 10.1. The van der Waals surface area contributed by atoms with E-state index in [1.165, 1.54) is 12.1 Å². The lowest BCUT2D eigenvalue weighted by Crippen LogP contribution is -2.25. The van der Waals surface area contributed by atoms with Crippen molar-refractivity contribution in [2.45, 2.75) is 20.3 Å². The topological polar surface area (TPSA) is 58.2 Å². The third-order valence-electron chi connectivity index (χ3n) is 4.74. The van der Waals surface area contributed by atoms with Gasteiger partial charge in [0.2, 0.25) is 0 Å². The predicted molar refractivity (Wildman–Crippen MR) is 113 cm³/mol. The van der Waals surface area contributed by atoms with E-state index in [9.17, 15) is 14.0 Å². The molecule has 4 nitrogen and oxygen atoms in total. The van der Waals surface area contributed by atoms with Crippen LogP contribution in [0.25, 0.3) is 0 Å². The molecule has 0 atom stereocenters. The summed E-state index contributed by atoms with van der Waals surface area (Å²) in [7, 11) is 0. The molecule has 3 rings (SSSR count). The molecule has 0 saturated carbocycles. The van der Waals surface area contributed by atoms with Crippen LogP contribution in [0.15, 0.2) is 66.7 Å². The number of carbonyl (C=O) groups excluding carboxylic acids is 2. The van der Waals surface area contributed by atoms with E-state index < -0.39 is 0 Å². The van der Waals surface area contributed by atoms with Crippen molar-refractivity contribution in [1.82, 2.24) is 5.32 Å². The molecule has 0 heterocycles. The molecule has 0 spiro atoms. The van der Waals surface area contributed by atoms with E-state index in [2.05, 4.69) is 10.6 Å². The van der Waals surface area contributed by atoms with Crippen molar-refractivity contribution in [2.24, 2.45) is 0 Å². The molecule has 0 aliphatic carbocycles. The van der Waals surface area contributed by atoms with Gasteiger partial charge in [0.05, 0.1) is 0 Å². The van der Waals surface area contributed by atoms with Gasteiger partial charge < -0.3 is 10.6 Å². The van der Waals surface area contributed by atoms with E-state index in [-0.39, 0.29) is 17.6 Å². The monoisotopic (exact) mass is 390 g/mol. The number of para-hydroxylation sites is 1. The Morgan fingerprint density at radius 3 is 1.93 bits per heavy atom. The zero-order valence-corrected chi connectivity index (χ0v) is 16.5. The minimum Gasteiger partial charge on any atom is -0.352 e. The molecule has 0 fully saturated rings. The SMILES string of the molecule is Cc1cccc(C)c1NC(=O)c1ccc(C(=O)NCCc2ccc(F)cc2)cc1. The van der Waals surface area contributed by atoms with Gasteiger partial charge in [0, 0.05) is 23.4 Å². The Morgan fingerprint density at radius 2 is 1.34 bits per heavy atom. The number of amides is 2. The molecule has 2 amide bonds. The van der Waals surface area contributed by atoms with E-state index in [0.717, 1.165) is 22.4 Å². The van der Waals surface area contributed by atoms with Crippen LogP contribution in [0.2, 0.25) is 0 Å². The Labute approximate surface area is 169 Å². The predicted octanol–water partition coefficient (Wildman–Crippen LogP) is 4.67. The van der Waals surface area contributed by atoms with Gasteiger partial charge in [-0.2, -0.15) is 0 Å². The first-order valence-electron chi connectivity index (χ1n) is 9.44. The highest BCUT2D eigenvalue weighted by Gasteiger charge is 2.11. The fourth-order valence-electron chi connectivity index (χ4n) is 3.04. The molecule has 148 valence electrons. The molecule has 5 heteroatoms. The maximum Gasteiger partial charge on any atom is 0.255 e. The molecule has 0 aliphatic rings. The normalized spacial score (nSPS) is 10.4. The molecule has 0 aromatic heterocycles. The highest BCUT2D eigenvalue weighted by atomic mass is 19.1. The average molecular weight is 390 g/mol. The van der Waals surface area contributed by atoms with Gasteiger partial charge in [0.1, 0.15) is 5.82 Å². The summed E-state index contributed by atoms with van der Waals surface area (Å²) in [6, 6.07) is 18.6. The van der Waals surface area contributed by atoms with Gasteiger partial charge in [-0.25, -0.2) is 4.39 Å². The van der Waals surface area contributed by atoms with Crippen LogP contribution in [0, 0.1) is 19.7 Å². The first-order valence-corrected chi connectivity index (χ1v) is 9.44. The van der Waals surface area contributed by atoms with E-state index in [1.54, 1.807) is 36.4 Å². The number of rotatable bonds is 6. The van der Waals surface area contributed by atoms with Crippen LogP contribution in [0.5, 0.6) is 0 Å². The van der Waals surface area contributed by atoms with Crippen LogP contribution in [-0.4, -0.2) is 18.4 Å². The van der Waals surface area contributed by atoms with Crippen molar-refractivity contribution in [3.63, 3.8) is 0 Å². The summed E-state index contributed by atoms with van der Waals surface area (Å²) in [5.74, 6) is -0.709. The number of nitrogens with one attached hydrogen (secondary N) is 2. The minimum atomic E-state index is -0.278. The van der Waals surface area contributed by atoms with Crippen molar-refractivity contribution < 1.29 is 14.0 Å². The number of halogens is 1. The zero-order valence-electron chi connectivity index (χ0n) is 16.5. The second-order valence-electron chi connectivity index (χ2n) is 6.93. The third-order valence-corrected chi connectivity index (χ3v) is 4.74. The van der Waals surface area contributed by atoms with Crippen LogP contribution in [0.4, 0.5) is 10.1 Å². The number of benzene rings is 3. The van der Waals surface area contributed by atoms with Crippen molar-refractivity contribution in [2.75, 3.05) is 11.9 Å². The van der Waals surface area contributed by atoms with Gasteiger partial charge in [-0.1, -0.05) is 30.3 Å². The average Bonchev–Trinajstić information content (AvgIpc) is 2.72. The molecule has 0 saturated heterocycles. The Morgan fingerprint density at radius 1 is 0.793 bits per heavy atom. The number of anilines is 1. The molecule has 3 aromatic carbocycles. The Balaban J connectivity index is 1.56. The second-order valence-corrected chi connectivity index (χ2v) is 6.93. The highest BCUT2D eigenvalue weighted by Crippen LogP contribution is 2.20. The summed E-state index contributed by atoms with van der Waals surface area (Å²) in [6.07, 6.45) is 0.613. The summed E-state index contributed by atoms with van der Waals surface area (Å²) in [6.45, 7) is 4.34. The summed E-state index contributed by atoms with van der Waals surface area (Å²) >= 11 is 0. The van der Waals surface area contributed by atoms with E-state index in [0.29, 0.717) is 24.1 Å². The maximum atomic E-state index is 12.9. The largest absolute Gasteiger partial charge is 0.352 e. The van der Waals surface area contributed by atoms with Crippen LogP contribution in [0.3, 0.4) is 0 Å². The van der Waals surface area contributed by atoms with Crippen molar-refractivity contribution in [1.29, 1.82) is 0 Å². The van der Waals surface area contributed by atoms with Gasteiger partial charge in [-0.15, -0.1) is 0 Å². The van der Waals surface area contributed by atoms with E-state index >= 15 is 0 Å². The van der Waals surface area contributed by atoms with Gasteiger partial charge in [-0.05, 0) is 73.4 Å². The van der Waals surface area contributed by atoms with Crippen molar-refractivity contribution in [3.8, 4) is 0 Å². The fraction of sp³-hybridized carbons (Fsp3) is 0.167. The summed E-state index contributed by atoms with van der Waals surface area (Å²) in [5, 5.41) is 5.77. The van der Waals surface area contributed by atoms with E-state index in [1.807, 2.05) is 32.0 Å². The maximum absolute atomic E-state index is 12.9. The molecule has 2 N–H and O–H groups in total. The first-order chi connectivity index (χ1) is 13.9. The smallest absolute Gasteiger partial charge is 0.255 e. The van der Waals surface area contributed by atoms with Gasteiger partial charge in [-0.3, -0.25) is 9.59 Å².